The molecule has 0 fully saturated rings. The van der Waals surface area contributed by atoms with Crippen LogP contribution in [0.25, 0.3) is 0 Å². The van der Waals surface area contributed by atoms with Crippen LogP contribution < -0.4 is 16.5 Å². The molecule has 0 saturated carbocycles. The van der Waals surface area contributed by atoms with Crippen LogP contribution in [0.2, 0.25) is 0 Å². The summed E-state index contributed by atoms with van der Waals surface area (Å²) in [5.41, 5.74) is 8.10. The van der Waals surface area contributed by atoms with Crippen LogP contribution in [0.3, 0.4) is 0 Å². The lowest BCUT2D eigenvalue weighted by Crippen LogP contribution is -2.12. The highest BCUT2D eigenvalue weighted by molar-refractivity contribution is 5.88. The Labute approximate surface area is 90.1 Å². The molecule has 5 N–H and O–H groups in total. The summed E-state index contributed by atoms with van der Waals surface area (Å²) in [6.07, 6.45) is -1.21. The van der Waals surface area contributed by atoms with E-state index in [9.17, 15) is 9.70 Å². The third-order valence-electron chi connectivity index (χ3n) is 1.55. The van der Waals surface area contributed by atoms with E-state index in [1.807, 2.05) is 0 Å². The number of nitroso groups, excluding NO2 is 1. The van der Waals surface area contributed by atoms with Crippen molar-refractivity contribution in [1.82, 2.24) is 0 Å². The zero-order chi connectivity index (χ0) is 12.0. The molecule has 0 heterocycles. The number of para-hydroxylation sites is 2. The number of hydrogen-bond donors (Lipinski definition) is 4. The average Bonchev–Trinajstić information content (AvgIpc) is 2.26. The van der Waals surface area contributed by atoms with Gasteiger partial charge in [0, 0.05) is 5.18 Å². The maximum atomic E-state index is 10.4. The summed E-state index contributed by atoms with van der Waals surface area (Å²) < 4.78 is 0. The highest BCUT2D eigenvalue weighted by Gasteiger charge is 2.03. The van der Waals surface area contributed by atoms with Crippen molar-refractivity contribution in [1.29, 1.82) is 0 Å². The number of rotatable bonds is 3. The van der Waals surface area contributed by atoms with Gasteiger partial charge in [0.25, 0.3) is 5.96 Å². The van der Waals surface area contributed by atoms with E-state index in [-0.39, 0.29) is 5.69 Å². The largest absolute Gasteiger partial charge is 0.465 e. The van der Waals surface area contributed by atoms with Gasteiger partial charge in [0.05, 0.1) is 11.4 Å². The topological polar surface area (TPSA) is 129 Å². The Kier molecular flexibility index (Phi) is 3.78. The van der Waals surface area contributed by atoms with Gasteiger partial charge in [0.1, 0.15) is 0 Å². The number of hydrazone groups is 1. The lowest BCUT2D eigenvalue weighted by atomic mass is 10.3. The Balaban J connectivity index is 2.86. The minimum atomic E-state index is -1.21. The third kappa shape index (κ3) is 3.25. The summed E-state index contributed by atoms with van der Waals surface area (Å²) in [4.78, 5) is 20.4. The van der Waals surface area contributed by atoms with Crippen LogP contribution in [0.15, 0.2) is 34.5 Å². The number of hydrogen-bond acceptors (Lipinski definition) is 4. The molecular weight excluding hydrogens is 214 g/mol. The van der Waals surface area contributed by atoms with E-state index in [4.69, 9.17) is 10.8 Å². The molecule has 0 radical (unpaired) electrons. The molecule has 1 aromatic rings. The molecule has 0 unspecified atom stereocenters. The molecule has 0 bridgehead atoms. The molecule has 0 atom stereocenters. The van der Waals surface area contributed by atoms with Crippen molar-refractivity contribution < 1.29 is 9.90 Å². The number of nitrogens with zero attached hydrogens (tertiary/aromatic N) is 2. The molecule has 8 nitrogen and oxygen atoms in total. The second-order valence-corrected chi connectivity index (χ2v) is 2.65. The summed E-state index contributed by atoms with van der Waals surface area (Å²) in [6, 6.07) is 6.39. The first-order valence-corrected chi connectivity index (χ1v) is 4.15. The van der Waals surface area contributed by atoms with Crippen LogP contribution in [0.4, 0.5) is 16.2 Å². The van der Waals surface area contributed by atoms with Gasteiger partial charge in [-0.1, -0.05) is 12.1 Å². The summed E-state index contributed by atoms with van der Waals surface area (Å²) in [6.45, 7) is 0. The fourth-order valence-electron chi connectivity index (χ4n) is 0.943. The van der Waals surface area contributed by atoms with Gasteiger partial charge in [0.2, 0.25) is 0 Å². The van der Waals surface area contributed by atoms with E-state index in [0.717, 1.165) is 0 Å². The van der Waals surface area contributed by atoms with Gasteiger partial charge >= 0.3 is 6.09 Å². The van der Waals surface area contributed by atoms with Gasteiger partial charge < -0.3 is 10.8 Å². The molecule has 1 rings (SSSR count). The smallest absolute Gasteiger partial charge is 0.409 e. The predicted octanol–water partition coefficient (Wildman–Crippen LogP) is 1.18. The Bertz CT molecular complexity index is 431. The van der Waals surface area contributed by atoms with Gasteiger partial charge in [-0.25, -0.2) is 4.79 Å². The number of carboxylic acid groups (broad SMARTS) is 1. The fraction of sp³-hybridized carbons (Fsp3) is 0. The SMILES string of the molecule is N/C(N=O)=N/Nc1ccccc1NC(=O)O. The minimum absolute atomic E-state index is 0.289. The molecule has 0 aliphatic rings. The van der Waals surface area contributed by atoms with Gasteiger partial charge in [-0.15, -0.1) is 10.0 Å². The van der Waals surface area contributed by atoms with Crippen molar-refractivity contribution >= 4 is 23.4 Å². The molecule has 0 aromatic heterocycles. The molecular formula is C8H9N5O3. The van der Waals surface area contributed by atoms with E-state index in [1.165, 1.54) is 6.07 Å². The molecule has 8 heteroatoms. The Morgan fingerprint density at radius 3 is 2.50 bits per heavy atom. The average molecular weight is 223 g/mol. The Hall–Kier alpha value is -2.64. The normalized spacial score (nSPS) is 10.6. The standard InChI is InChI=1S/C8H9N5O3/c9-7(13-16)12-11-6-4-2-1-3-5(6)10-8(14)15/h1-4,10-11H,(H2,9,12)(H,14,15). The predicted molar refractivity (Wildman–Crippen MR) is 59.1 cm³/mol. The maximum Gasteiger partial charge on any atom is 0.409 e. The van der Waals surface area contributed by atoms with Crippen molar-refractivity contribution in [2.45, 2.75) is 0 Å². The van der Waals surface area contributed by atoms with Crippen LogP contribution in [-0.2, 0) is 0 Å². The van der Waals surface area contributed by atoms with Crippen molar-refractivity contribution in [2.75, 3.05) is 10.7 Å². The van der Waals surface area contributed by atoms with E-state index in [0.29, 0.717) is 5.69 Å². The first-order chi connectivity index (χ1) is 7.63. The summed E-state index contributed by atoms with van der Waals surface area (Å²) in [5, 5.41) is 16.5. The minimum Gasteiger partial charge on any atom is -0.465 e. The second kappa shape index (κ2) is 5.29. The number of benzene rings is 1. The van der Waals surface area contributed by atoms with Crippen LogP contribution in [0.5, 0.6) is 0 Å². The quantitative estimate of drug-likeness (QED) is 0.264. The first-order valence-electron chi connectivity index (χ1n) is 4.15. The summed E-state index contributed by atoms with van der Waals surface area (Å²) >= 11 is 0. The highest BCUT2D eigenvalue weighted by Crippen LogP contribution is 2.20. The number of guanidine groups is 1. The monoisotopic (exact) mass is 223 g/mol. The van der Waals surface area contributed by atoms with Crippen molar-refractivity contribution in [3.05, 3.63) is 29.2 Å². The van der Waals surface area contributed by atoms with E-state index in [2.05, 4.69) is 21.0 Å². The van der Waals surface area contributed by atoms with Gasteiger partial charge in [-0.05, 0) is 12.1 Å². The van der Waals surface area contributed by atoms with Crippen molar-refractivity contribution in [3.63, 3.8) is 0 Å². The number of amides is 1. The maximum absolute atomic E-state index is 10.4. The molecule has 0 spiro atoms. The second-order valence-electron chi connectivity index (χ2n) is 2.65. The zero-order valence-electron chi connectivity index (χ0n) is 8.04. The molecule has 0 aliphatic carbocycles. The number of anilines is 2. The summed E-state index contributed by atoms with van der Waals surface area (Å²) in [7, 11) is 0. The molecule has 1 aromatic carbocycles. The number of carbonyl (C=O) groups is 1. The van der Waals surface area contributed by atoms with Crippen LogP contribution in [0, 0.1) is 4.91 Å². The lowest BCUT2D eigenvalue weighted by molar-refractivity contribution is 0.210. The van der Waals surface area contributed by atoms with Gasteiger partial charge in [-0.2, -0.15) is 0 Å². The molecule has 1 amide bonds. The Morgan fingerprint density at radius 2 is 1.94 bits per heavy atom. The van der Waals surface area contributed by atoms with Crippen molar-refractivity contribution in [3.8, 4) is 0 Å². The molecule has 16 heavy (non-hydrogen) atoms. The van der Waals surface area contributed by atoms with Gasteiger partial charge in [0.15, 0.2) is 0 Å². The highest BCUT2D eigenvalue weighted by atomic mass is 16.4. The number of nitrogens with one attached hydrogen (secondary N) is 2. The van der Waals surface area contributed by atoms with Crippen LogP contribution in [-0.4, -0.2) is 17.2 Å². The first kappa shape index (κ1) is 11.4. The third-order valence-corrected chi connectivity index (χ3v) is 1.55. The lowest BCUT2D eigenvalue weighted by Gasteiger charge is -2.07. The van der Waals surface area contributed by atoms with Crippen LogP contribution >= 0.6 is 0 Å². The number of nitrogens with two attached hydrogens (primary N) is 1. The van der Waals surface area contributed by atoms with Gasteiger partial charge in [-0.3, -0.25) is 10.7 Å². The van der Waals surface area contributed by atoms with Crippen molar-refractivity contribution in [2.24, 2.45) is 16.0 Å². The van der Waals surface area contributed by atoms with E-state index in [1.54, 1.807) is 18.2 Å². The molecule has 0 saturated heterocycles. The fourth-order valence-corrected chi connectivity index (χ4v) is 0.943. The molecule has 0 aliphatic heterocycles. The van der Waals surface area contributed by atoms with E-state index < -0.39 is 12.1 Å². The molecule has 84 valence electrons. The van der Waals surface area contributed by atoms with E-state index >= 15 is 0 Å². The summed E-state index contributed by atoms with van der Waals surface area (Å²) in [5.74, 6) is -0.481. The zero-order valence-corrected chi connectivity index (χ0v) is 8.04. The van der Waals surface area contributed by atoms with Crippen LogP contribution in [0.1, 0.15) is 0 Å². The Morgan fingerprint density at radius 1 is 1.31 bits per heavy atom.